The predicted molar refractivity (Wildman–Crippen MR) is 36.5 cm³/mol. The summed E-state index contributed by atoms with van der Waals surface area (Å²) in [5.74, 6) is -1.09. The number of rotatable bonds is 3. The molecule has 0 aliphatic heterocycles. The average Bonchev–Trinajstić information content (AvgIpc) is 1.63. The molecule has 0 aromatic rings. The van der Waals surface area contributed by atoms with Crippen LogP contribution in [0.15, 0.2) is 0 Å². The number of hydrogen-bond donors (Lipinski definition) is 2. The van der Waals surface area contributed by atoms with Crippen molar-refractivity contribution < 1.29 is 17.9 Å². The average molecular weight is 171 g/mol. The molecule has 2 N–H and O–H groups in total. The Kier molecular flexibility index (Phi) is 9.34. The number of aliphatic hydroxyl groups is 1. The molecular weight excluding hydrogens is 162 g/mol. The molecule has 0 radical (unpaired) electrons. The van der Waals surface area contributed by atoms with Crippen LogP contribution in [-0.4, -0.2) is 60.0 Å². The van der Waals surface area contributed by atoms with Crippen LogP contribution >= 0.6 is 0 Å². The number of nitrogens with zero attached hydrogens (tertiary/aromatic N) is 1. The van der Waals surface area contributed by atoms with Crippen molar-refractivity contribution in [3.05, 3.63) is 0 Å². The Balaban J connectivity index is -0.000000107. The fourth-order valence-corrected chi connectivity index (χ4v) is 0.379. The van der Waals surface area contributed by atoms with Crippen LogP contribution in [0.2, 0.25) is 0 Å². The van der Waals surface area contributed by atoms with Gasteiger partial charge in [0.15, 0.2) is 0 Å². The Bertz CT molecular complexity index is 150. The first-order chi connectivity index (χ1) is 4.16. The molecule has 5 heteroatoms. The first kappa shape index (κ1) is 12.8. The van der Waals surface area contributed by atoms with Gasteiger partial charge in [0.05, 0.1) is 25.0 Å². The first-order valence-electron chi connectivity index (χ1n) is 2.43. The molecule has 0 spiro atoms. The maximum absolute atomic E-state index is 9.82. The van der Waals surface area contributed by atoms with Gasteiger partial charge in [0.1, 0.15) is 0 Å². The largest absolute Gasteiger partial charge is 2.00 e. The van der Waals surface area contributed by atoms with Gasteiger partial charge in [-0.25, -0.2) is 0 Å². The zero-order chi connectivity index (χ0) is 7.28. The topological polar surface area (TPSA) is 81.3 Å². The number of hydrogen-bond acceptors (Lipinski definition) is 3. The van der Waals surface area contributed by atoms with Crippen LogP contribution in [0.4, 0.5) is 0 Å². The van der Waals surface area contributed by atoms with E-state index in [0.717, 1.165) is 0 Å². The monoisotopic (exact) mass is 171 g/mol. The quantitative estimate of drug-likeness (QED) is 0.565. The van der Waals surface area contributed by atoms with E-state index >= 15 is 0 Å². The van der Waals surface area contributed by atoms with Crippen molar-refractivity contribution in [3.8, 4) is 6.07 Å². The molecule has 0 saturated heterocycles. The minimum Gasteiger partial charge on any atom is -1.00 e. The Hall–Kier alpha value is 0.180. The zero-order valence-electron chi connectivity index (χ0n) is 7.45. The van der Waals surface area contributed by atoms with E-state index in [0.29, 0.717) is 0 Å². The second-order valence-electron chi connectivity index (χ2n) is 1.61. The van der Waals surface area contributed by atoms with Crippen LogP contribution in [0.5, 0.6) is 0 Å². The maximum atomic E-state index is 9.82. The van der Waals surface area contributed by atoms with E-state index < -0.39 is 12.1 Å². The summed E-state index contributed by atoms with van der Waals surface area (Å²) in [6.45, 7) is 0. The number of aliphatic hydroxyl groups excluding tert-OH is 1. The molecule has 0 rings (SSSR count). The molecule has 0 fully saturated rings. The van der Waals surface area contributed by atoms with E-state index in [-0.39, 0.29) is 53.4 Å². The van der Waals surface area contributed by atoms with Gasteiger partial charge in [0.25, 0.3) is 0 Å². The van der Waals surface area contributed by atoms with Crippen LogP contribution in [0.3, 0.4) is 0 Å². The van der Waals surface area contributed by atoms with Gasteiger partial charge in [0.2, 0.25) is 0 Å². The van der Waals surface area contributed by atoms with E-state index in [4.69, 9.17) is 15.5 Å². The molecule has 0 aromatic heterocycles. The van der Waals surface area contributed by atoms with Gasteiger partial charge < -0.3 is 13.1 Å². The summed E-state index contributed by atoms with van der Waals surface area (Å²) in [6.07, 6.45) is -1.49. The second-order valence-corrected chi connectivity index (χ2v) is 1.61. The van der Waals surface area contributed by atoms with Gasteiger partial charge in [-0.3, -0.25) is 4.79 Å². The number of carboxylic acids is 1. The minimum absolute atomic E-state index is 0. The fraction of sp³-hybridized carbons (Fsp3) is 0.600. The third kappa shape index (κ3) is 8.18. The molecule has 10 heavy (non-hydrogen) atoms. The Labute approximate surface area is 91.4 Å². The summed E-state index contributed by atoms with van der Waals surface area (Å²) in [4.78, 5) is 9.82. The molecule has 0 amide bonds. The van der Waals surface area contributed by atoms with E-state index in [1.165, 1.54) is 0 Å². The molecule has 4 nitrogen and oxygen atoms in total. The molecule has 0 saturated carbocycles. The number of carbonyl (C=O) groups is 1. The Morgan fingerprint density at radius 1 is 1.80 bits per heavy atom. The molecular formula is C5H9CaNO3. The Morgan fingerprint density at radius 3 is 2.60 bits per heavy atom. The van der Waals surface area contributed by atoms with Crippen molar-refractivity contribution in [1.82, 2.24) is 0 Å². The second kappa shape index (κ2) is 7.29. The van der Waals surface area contributed by atoms with Gasteiger partial charge in [-0.15, -0.1) is 0 Å². The fourth-order valence-electron chi connectivity index (χ4n) is 0.379. The molecule has 1 atom stereocenters. The van der Waals surface area contributed by atoms with Crippen molar-refractivity contribution in [2.45, 2.75) is 18.9 Å². The molecule has 0 aliphatic rings. The smallest absolute Gasteiger partial charge is 1.00 e. The van der Waals surface area contributed by atoms with E-state index in [1.54, 1.807) is 6.07 Å². The normalized spacial score (nSPS) is 10.8. The van der Waals surface area contributed by atoms with Crippen molar-refractivity contribution in [2.24, 2.45) is 0 Å². The number of aliphatic carboxylic acids is 1. The molecule has 54 valence electrons. The predicted octanol–water partition coefficient (Wildman–Crippen LogP) is -0.420. The summed E-state index contributed by atoms with van der Waals surface area (Å²) >= 11 is 0. The summed E-state index contributed by atoms with van der Waals surface area (Å²) in [7, 11) is 0. The van der Waals surface area contributed by atoms with Crippen LogP contribution < -0.4 is 0 Å². The number of carboxylic acid groups (broad SMARTS) is 1. The maximum Gasteiger partial charge on any atom is 2.00 e. The van der Waals surface area contributed by atoms with E-state index in [1.807, 2.05) is 0 Å². The molecule has 0 aromatic carbocycles. The van der Waals surface area contributed by atoms with Crippen molar-refractivity contribution in [3.63, 3.8) is 0 Å². The van der Waals surface area contributed by atoms with Crippen LogP contribution in [0.1, 0.15) is 15.7 Å². The summed E-state index contributed by atoms with van der Waals surface area (Å²) in [5.41, 5.74) is 0. The van der Waals surface area contributed by atoms with Gasteiger partial charge in [-0.2, -0.15) is 5.26 Å². The van der Waals surface area contributed by atoms with Crippen molar-refractivity contribution in [1.29, 1.82) is 5.26 Å². The van der Waals surface area contributed by atoms with Crippen molar-refractivity contribution >= 4 is 43.7 Å². The van der Waals surface area contributed by atoms with Gasteiger partial charge >= 0.3 is 43.7 Å². The van der Waals surface area contributed by atoms with Crippen LogP contribution in [0.25, 0.3) is 0 Å². The van der Waals surface area contributed by atoms with Gasteiger partial charge in [-0.1, -0.05) is 0 Å². The SMILES string of the molecule is N#CC[C@@H](O)CC(=O)O.[Ca+2].[H-].[H-]. The third-order valence-electron chi connectivity index (χ3n) is 0.737. The van der Waals surface area contributed by atoms with Gasteiger partial charge in [-0.05, 0) is 0 Å². The third-order valence-corrected chi connectivity index (χ3v) is 0.737. The Morgan fingerprint density at radius 2 is 2.30 bits per heavy atom. The molecule has 0 aliphatic carbocycles. The summed E-state index contributed by atoms with van der Waals surface area (Å²) in [5, 5.41) is 24.6. The minimum atomic E-state index is -1.09. The number of nitriles is 1. The summed E-state index contributed by atoms with van der Waals surface area (Å²) in [6, 6.07) is 1.66. The molecule has 0 bridgehead atoms. The van der Waals surface area contributed by atoms with Crippen LogP contribution in [0, 0.1) is 11.3 Å². The molecule has 0 heterocycles. The van der Waals surface area contributed by atoms with E-state index in [9.17, 15) is 4.79 Å². The van der Waals surface area contributed by atoms with E-state index in [2.05, 4.69) is 0 Å². The van der Waals surface area contributed by atoms with Crippen LogP contribution in [-0.2, 0) is 4.79 Å². The van der Waals surface area contributed by atoms with Crippen molar-refractivity contribution in [2.75, 3.05) is 0 Å². The zero-order valence-corrected chi connectivity index (χ0v) is 7.66. The first-order valence-corrected chi connectivity index (χ1v) is 2.43. The standard InChI is InChI=1S/C5H7NO3.Ca.2H/c6-2-1-4(7)3-5(8)9;;;/h4,7H,1,3H2,(H,8,9);;;/q;+2;2*-1/t4-;;;/m1.../s1. The molecule has 0 unspecified atom stereocenters. The van der Waals surface area contributed by atoms with Gasteiger partial charge in [0, 0.05) is 0 Å². The summed E-state index contributed by atoms with van der Waals surface area (Å²) < 4.78 is 0.